The van der Waals surface area contributed by atoms with Crippen LogP contribution in [0, 0.1) is 0 Å². The highest BCUT2D eigenvalue weighted by atomic mass is 35.5. The van der Waals surface area contributed by atoms with Gasteiger partial charge in [0.2, 0.25) is 0 Å². The van der Waals surface area contributed by atoms with Gasteiger partial charge in [0.05, 0.1) is 11.6 Å². The van der Waals surface area contributed by atoms with Gasteiger partial charge in [0, 0.05) is 32.4 Å². The first-order chi connectivity index (χ1) is 7.60. The van der Waals surface area contributed by atoms with E-state index in [4.69, 9.17) is 27.9 Å². The molecule has 1 aromatic heterocycles. The van der Waals surface area contributed by atoms with Crippen molar-refractivity contribution in [3.8, 4) is 0 Å². The molecule has 1 N–H and O–H groups in total. The molecule has 0 aromatic carbocycles. The lowest BCUT2D eigenvalue weighted by atomic mass is 10.2. The summed E-state index contributed by atoms with van der Waals surface area (Å²) >= 11 is 11.9. The van der Waals surface area contributed by atoms with Crippen LogP contribution in [0.1, 0.15) is 19.0 Å². The Kier molecular flexibility index (Phi) is 5.62. The molecule has 1 aromatic rings. The molecule has 0 aliphatic carbocycles. The molecule has 3 nitrogen and oxygen atoms in total. The lowest BCUT2D eigenvalue weighted by molar-refractivity contribution is 0.163. The average molecular weight is 265 g/mol. The molecule has 1 unspecified atom stereocenters. The first-order valence-corrected chi connectivity index (χ1v) is 6.07. The molecule has 1 atom stereocenters. The maximum atomic E-state index is 5.99. The minimum Gasteiger partial charge on any atom is -0.383 e. The maximum absolute atomic E-state index is 5.99. The van der Waals surface area contributed by atoms with Crippen molar-refractivity contribution in [2.45, 2.75) is 25.9 Å². The topological polar surface area (TPSA) is 26.2 Å². The second-order valence-corrected chi connectivity index (χ2v) is 4.54. The van der Waals surface area contributed by atoms with Gasteiger partial charge < -0.3 is 14.6 Å². The van der Waals surface area contributed by atoms with E-state index in [2.05, 4.69) is 12.2 Å². The number of hydrogen-bond donors (Lipinski definition) is 1. The minimum absolute atomic E-state index is 0.359. The lowest BCUT2D eigenvalue weighted by Crippen LogP contribution is -2.32. The number of hydrogen-bond acceptors (Lipinski definition) is 2. The third-order valence-corrected chi connectivity index (χ3v) is 3.49. The summed E-state index contributed by atoms with van der Waals surface area (Å²) in [7, 11) is 3.61. The van der Waals surface area contributed by atoms with E-state index in [0.29, 0.717) is 22.8 Å². The number of rotatable bonds is 6. The number of halogens is 2. The van der Waals surface area contributed by atoms with Crippen molar-refractivity contribution < 1.29 is 4.74 Å². The van der Waals surface area contributed by atoms with E-state index < -0.39 is 0 Å². The second kappa shape index (κ2) is 6.50. The van der Waals surface area contributed by atoms with Gasteiger partial charge in [-0.25, -0.2) is 0 Å². The van der Waals surface area contributed by atoms with Crippen LogP contribution < -0.4 is 5.32 Å². The van der Waals surface area contributed by atoms with E-state index in [1.54, 1.807) is 7.11 Å². The molecule has 0 saturated carbocycles. The summed E-state index contributed by atoms with van der Waals surface area (Å²) in [6, 6.07) is 2.24. The molecule has 1 heterocycles. The zero-order chi connectivity index (χ0) is 12.1. The molecule has 0 spiro atoms. The summed E-state index contributed by atoms with van der Waals surface area (Å²) < 4.78 is 7.01. The highest BCUT2D eigenvalue weighted by molar-refractivity contribution is 6.41. The monoisotopic (exact) mass is 264 g/mol. The van der Waals surface area contributed by atoms with Crippen LogP contribution in [0.25, 0.3) is 0 Å². The van der Waals surface area contributed by atoms with E-state index >= 15 is 0 Å². The van der Waals surface area contributed by atoms with Crippen LogP contribution in [-0.4, -0.2) is 24.3 Å². The molecule has 0 fully saturated rings. The van der Waals surface area contributed by atoms with Crippen LogP contribution in [0.5, 0.6) is 0 Å². The molecular weight excluding hydrogens is 247 g/mol. The highest BCUT2D eigenvalue weighted by Gasteiger charge is 2.10. The zero-order valence-electron chi connectivity index (χ0n) is 9.89. The fraction of sp³-hybridized carbons (Fsp3) is 0.636. The molecular formula is C11H18Cl2N2O. The molecule has 1 rings (SSSR count). The molecule has 0 radical (unpaired) electrons. The summed E-state index contributed by atoms with van der Waals surface area (Å²) in [6.45, 7) is 3.58. The number of ether oxygens (including phenoxy) is 1. The summed E-state index contributed by atoms with van der Waals surface area (Å²) in [5, 5.41) is 4.58. The van der Waals surface area contributed by atoms with Crippen molar-refractivity contribution in [3.05, 3.63) is 21.9 Å². The van der Waals surface area contributed by atoms with Gasteiger partial charge in [-0.05, 0) is 12.5 Å². The Labute approximate surface area is 107 Å². The van der Waals surface area contributed by atoms with Crippen molar-refractivity contribution in [2.24, 2.45) is 7.05 Å². The number of nitrogens with zero attached hydrogens (tertiary/aromatic N) is 1. The predicted molar refractivity (Wildman–Crippen MR) is 68.2 cm³/mol. The lowest BCUT2D eigenvalue weighted by Gasteiger charge is -2.16. The van der Waals surface area contributed by atoms with Crippen LogP contribution in [-0.2, 0) is 18.3 Å². The van der Waals surface area contributed by atoms with Gasteiger partial charge in [0.15, 0.2) is 0 Å². The van der Waals surface area contributed by atoms with E-state index in [0.717, 1.165) is 18.7 Å². The van der Waals surface area contributed by atoms with Crippen LogP contribution in [0.2, 0.25) is 10.2 Å². The molecule has 0 aliphatic heterocycles. The Bertz CT molecular complexity index is 339. The van der Waals surface area contributed by atoms with Gasteiger partial charge in [0.25, 0.3) is 0 Å². The highest BCUT2D eigenvalue weighted by Crippen LogP contribution is 2.24. The maximum Gasteiger partial charge on any atom is 0.127 e. The fourth-order valence-electron chi connectivity index (χ4n) is 1.53. The first-order valence-electron chi connectivity index (χ1n) is 5.32. The Morgan fingerprint density at radius 2 is 2.19 bits per heavy atom. The molecule has 92 valence electrons. The van der Waals surface area contributed by atoms with Crippen molar-refractivity contribution in [1.82, 2.24) is 9.88 Å². The molecule has 0 bridgehead atoms. The minimum atomic E-state index is 0.359. The van der Waals surface area contributed by atoms with Crippen molar-refractivity contribution in [2.75, 3.05) is 13.7 Å². The summed E-state index contributed by atoms with van der Waals surface area (Å²) in [4.78, 5) is 0. The van der Waals surface area contributed by atoms with Gasteiger partial charge in [-0.3, -0.25) is 0 Å². The number of aromatic nitrogens is 1. The van der Waals surface area contributed by atoms with E-state index in [9.17, 15) is 0 Å². The SMILES string of the molecule is CCC(COC)NCc1cc(Cl)c(Cl)n1C. The van der Waals surface area contributed by atoms with E-state index in [1.807, 2.05) is 17.7 Å². The quantitative estimate of drug-likeness (QED) is 0.856. The van der Waals surface area contributed by atoms with Gasteiger partial charge in [-0.1, -0.05) is 30.1 Å². The third-order valence-electron chi connectivity index (χ3n) is 2.65. The Hall–Kier alpha value is -0.220. The molecule has 16 heavy (non-hydrogen) atoms. The molecule has 0 amide bonds. The zero-order valence-corrected chi connectivity index (χ0v) is 11.4. The molecule has 0 saturated heterocycles. The Balaban J connectivity index is 2.56. The smallest absolute Gasteiger partial charge is 0.127 e. The van der Waals surface area contributed by atoms with Gasteiger partial charge in [0.1, 0.15) is 5.15 Å². The van der Waals surface area contributed by atoms with Gasteiger partial charge in [-0.15, -0.1) is 0 Å². The van der Waals surface area contributed by atoms with E-state index in [1.165, 1.54) is 0 Å². The predicted octanol–water partition coefficient (Wildman–Crippen LogP) is 2.85. The second-order valence-electron chi connectivity index (χ2n) is 3.77. The largest absolute Gasteiger partial charge is 0.383 e. The van der Waals surface area contributed by atoms with Crippen molar-refractivity contribution >= 4 is 23.2 Å². The summed E-state index contributed by atoms with van der Waals surface area (Å²) in [6.07, 6.45) is 1.03. The Morgan fingerprint density at radius 3 is 2.62 bits per heavy atom. The van der Waals surface area contributed by atoms with Crippen molar-refractivity contribution in [1.29, 1.82) is 0 Å². The number of methoxy groups -OCH3 is 1. The van der Waals surface area contributed by atoms with Crippen LogP contribution in [0.15, 0.2) is 6.07 Å². The normalized spacial score (nSPS) is 13.1. The van der Waals surface area contributed by atoms with Gasteiger partial charge >= 0.3 is 0 Å². The van der Waals surface area contributed by atoms with E-state index in [-0.39, 0.29) is 0 Å². The summed E-state index contributed by atoms with van der Waals surface area (Å²) in [5.74, 6) is 0. The van der Waals surface area contributed by atoms with Crippen LogP contribution in [0.3, 0.4) is 0 Å². The van der Waals surface area contributed by atoms with Crippen LogP contribution >= 0.6 is 23.2 Å². The first kappa shape index (κ1) is 13.8. The summed E-state index contributed by atoms with van der Waals surface area (Å²) in [5.41, 5.74) is 1.07. The molecule has 0 aliphatic rings. The Morgan fingerprint density at radius 1 is 1.50 bits per heavy atom. The van der Waals surface area contributed by atoms with Crippen molar-refractivity contribution in [3.63, 3.8) is 0 Å². The number of nitrogens with one attached hydrogen (secondary N) is 1. The molecule has 5 heteroatoms. The third kappa shape index (κ3) is 3.39. The van der Waals surface area contributed by atoms with Crippen LogP contribution in [0.4, 0.5) is 0 Å². The standard InChI is InChI=1S/C11H18Cl2N2O/c1-4-8(7-16-3)14-6-9-5-10(12)11(13)15(9)2/h5,8,14H,4,6-7H2,1-3H3. The van der Waals surface area contributed by atoms with Gasteiger partial charge in [-0.2, -0.15) is 0 Å². The average Bonchev–Trinajstić information content (AvgIpc) is 2.52. The fourth-order valence-corrected chi connectivity index (χ4v) is 1.95.